The lowest BCUT2D eigenvalue weighted by Gasteiger charge is -2.19. The van der Waals surface area contributed by atoms with E-state index in [-0.39, 0.29) is 30.8 Å². The van der Waals surface area contributed by atoms with E-state index in [9.17, 15) is 14.4 Å². The van der Waals surface area contributed by atoms with E-state index in [0.29, 0.717) is 51.9 Å². The molecular weight excluding hydrogens is 480 g/mol. The van der Waals surface area contributed by atoms with Gasteiger partial charge in [0.25, 0.3) is 11.8 Å². The van der Waals surface area contributed by atoms with Crippen molar-refractivity contribution in [3.8, 4) is 5.75 Å². The summed E-state index contributed by atoms with van der Waals surface area (Å²) in [5.74, 6) is -0.470. The SMILES string of the molecule is CCOC(=O)CCc1cccc(NC(=O)c2ccccc2NC(=O)C2=Cc3cccc(Cl)c3OC2)c1. The first-order valence-electron chi connectivity index (χ1n) is 11.5. The Morgan fingerprint density at radius 2 is 1.78 bits per heavy atom. The van der Waals surface area contributed by atoms with E-state index in [1.165, 1.54) is 0 Å². The van der Waals surface area contributed by atoms with E-state index in [1.807, 2.05) is 24.3 Å². The number of ether oxygens (including phenoxy) is 2. The van der Waals surface area contributed by atoms with Crippen LogP contribution in [-0.4, -0.2) is 31.0 Å². The first-order chi connectivity index (χ1) is 17.4. The van der Waals surface area contributed by atoms with E-state index in [0.717, 1.165) is 5.56 Å². The van der Waals surface area contributed by atoms with Gasteiger partial charge in [0.2, 0.25) is 0 Å². The number of hydrogen-bond donors (Lipinski definition) is 2. The van der Waals surface area contributed by atoms with Crippen LogP contribution in [0.5, 0.6) is 5.75 Å². The van der Waals surface area contributed by atoms with Crippen LogP contribution in [0.25, 0.3) is 6.08 Å². The molecule has 1 aliphatic heterocycles. The van der Waals surface area contributed by atoms with E-state index in [1.54, 1.807) is 55.5 Å². The lowest BCUT2D eigenvalue weighted by atomic mass is 10.1. The highest BCUT2D eigenvalue weighted by atomic mass is 35.5. The molecule has 8 heteroatoms. The second-order valence-electron chi connectivity index (χ2n) is 8.08. The fourth-order valence-corrected chi connectivity index (χ4v) is 4.01. The summed E-state index contributed by atoms with van der Waals surface area (Å²) in [6, 6.07) is 19.4. The molecule has 0 atom stereocenters. The zero-order chi connectivity index (χ0) is 25.5. The van der Waals surface area contributed by atoms with Crippen LogP contribution in [0, 0.1) is 0 Å². The van der Waals surface area contributed by atoms with E-state index >= 15 is 0 Å². The van der Waals surface area contributed by atoms with Crippen molar-refractivity contribution in [1.29, 1.82) is 0 Å². The molecule has 2 N–H and O–H groups in total. The van der Waals surface area contributed by atoms with Gasteiger partial charge in [-0.15, -0.1) is 0 Å². The molecule has 36 heavy (non-hydrogen) atoms. The fraction of sp³-hybridized carbons (Fsp3) is 0.179. The van der Waals surface area contributed by atoms with Crippen LogP contribution in [0.2, 0.25) is 5.02 Å². The number of anilines is 2. The van der Waals surface area contributed by atoms with Crippen molar-refractivity contribution >= 4 is 46.8 Å². The highest BCUT2D eigenvalue weighted by Gasteiger charge is 2.21. The number of carbonyl (C=O) groups excluding carboxylic acids is 3. The summed E-state index contributed by atoms with van der Waals surface area (Å²) in [7, 11) is 0. The third-order valence-electron chi connectivity index (χ3n) is 5.52. The Morgan fingerprint density at radius 1 is 0.972 bits per heavy atom. The Bertz CT molecular complexity index is 1340. The Kier molecular flexibility index (Phi) is 8.02. The summed E-state index contributed by atoms with van der Waals surface area (Å²) in [6.45, 7) is 2.18. The maximum absolute atomic E-state index is 13.1. The lowest BCUT2D eigenvalue weighted by molar-refractivity contribution is -0.143. The molecule has 4 rings (SSSR count). The maximum atomic E-state index is 13.1. The lowest BCUT2D eigenvalue weighted by Crippen LogP contribution is -2.23. The van der Waals surface area contributed by atoms with Gasteiger partial charge in [0.15, 0.2) is 0 Å². The van der Waals surface area contributed by atoms with Crippen molar-refractivity contribution in [2.24, 2.45) is 0 Å². The number of benzene rings is 3. The summed E-state index contributed by atoms with van der Waals surface area (Å²) < 4.78 is 10.6. The van der Waals surface area contributed by atoms with Gasteiger partial charge >= 0.3 is 5.97 Å². The van der Waals surface area contributed by atoms with Crippen LogP contribution in [0.15, 0.2) is 72.3 Å². The number of fused-ring (bicyclic) bond motifs is 1. The molecule has 0 fully saturated rings. The van der Waals surface area contributed by atoms with Gasteiger partial charge in [0.1, 0.15) is 12.4 Å². The standard InChI is InChI=1S/C28H25ClN2O5/c1-2-35-25(32)14-13-18-7-5-9-21(15-18)30-28(34)22-10-3-4-12-24(22)31-27(33)20-16-19-8-6-11-23(29)26(19)36-17-20/h3-12,15-16H,2,13-14,17H2,1H3,(H,30,34)(H,31,33). The summed E-state index contributed by atoms with van der Waals surface area (Å²) in [5, 5.41) is 6.16. The van der Waals surface area contributed by atoms with Gasteiger partial charge in [-0.3, -0.25) is 14.4 Å². The first-order valence-corrected chi connectivity index (χ1v) is 11.9. The summed E-state index contributed by atoms with van der Waals surface area (Å²) in [5.41, 5.74) is 3.29. The topological polar surface area (TPSA) is 93.7 Å². The Balaban J connectivity index is 1.45. The van der Waals surface area contributed by atoms with Crippen LogP contribution < -0.4 is 15.4 Å². The first kappa shape index (κ1) is 25.0. The molecule has 3 aromatic carbocycles. The van der Waals surface area contributed by atoms with Gasteiger partial charge in [0.05, 0.1) is 28.5 Å². The highest BCUT2D eigenvalue weighted by Crippen LogP contribution is 2.33. The number of esters is 1. The molecule has 0 saturated heterocycles. The van der Waals surface area contributed by atoms with E-state index < -0.39 is 0 Å². The van der Waals surface area contributed by atoms with Crippen LogP contribution in [-0.2, 0) is 20.7 Å². The largest absolute Gasteiger partial charge is 0.487 e. The molecule has 1 aliphatic rings. The Hall–Kier alpha value is -4.10. The quantitative estimate of drug-likeness (QED) is 0.395. The molecule has 0 bridgehead atoms. The second-order valence-corrected chi connectivity index (χ2v) is 8.48. The molecule has 1 heterocycles. The van der Waals surface area contributed by atoms with Crippen molar-refractivity contribution < 1.29 is 23.9 Å². The van der Waals surface area contributed by atoms with Gasteiger partial charge in [0, 0.05) is 17.7 Å². The minimum atomic E-state index is -0.376. The van der Waals surface area contributed by atoms with Crippen LogP contribution >= 0.6 is 11.6 Å². The molecular formula is C28H25ClN2O5. The minimum absolute atomic E-state index is 0.0650. The molecule has 0 spiro atoms. The fourth-order valence-electron chi connectivity index (χ4n) is 3.78. The van der Waals surface area contributed by atoms with Crippen LogP contribution in [0.1, 0.15) is 34.8 Å². The van der Waals surface area contributed by atoms with Crippen LogP contribution in [0.3, 0.4) is 0 Å². The highest BCUT2D eigenvalue weighted by molar-refractivity contribution is 6.32. The zero-order valence-corrected chi connectivity index (χ0v) is 20.4. The van der Waals surface area contributed by atoms with Crippen molar-refractivity contribution in [2.45, 2.75) is 19.8 Å². The summed E-state index contributed by atoms with van der Waals surface area (Å²) in [6.07, 6.45) is 2.49. The predicted molar refractivity (Wildman–Crippen MR) is 139 cm³/mol. The van der Waals surface area contributed by atoms with Gasteiger partial charge < -0.3 is 20.1 Å². The maximum Gasteiger partial charge on any atom is 0.306 e. The number of amides is 2. The normalized spacial score (nSPS) is 12.0. The number of para-hydroxylation sites is 2. The molecule has 0 aromatic heterocycles. The average molecular weight is 505 g/mol. The van der Waals surface area contributed by atoms with Gasteiger partial charge in [-0.05, 0) is 55.3 Å². The smallest absolute Gasteiger partial charge is 0.306 e. The summed E-state index contributed by atoms with van der Waals surface area (Å²) >= 11 is 6.16. The second kappa shape index (κ2) is 11.6. The third kappa shape index (κ3) is 6.12. The van der Waals surface area contributed by atoms with E-state index in [2.05, 4.69) is 10.6 Å². The third-order valence-corrected chi connectivity index (χ3v) is 5.82. The van der Waals surface area contributed by atoms with Gasteiger partial charge in [-0.25, -0.2) is 0 Å². The molecule has 0 unspecified atom stereocenters. The molecule has 2 amide bonds. The zero-order valence-electron chi connectivity index (χ0n) is 19.7. The van der Waals surface area contributed by atoms with Crippen molar-refractivity contribution in [3.05, 3.63) is 94.0 Å². The molecule has 0 radical (unpaired) electrons. The van der Waals surface area contributed by atoms with Crippen molar-refractivity contribution in [3.63, 3.8) is 0 Å². The van der Waals surface area contributed by atoms with E-state index in [4.69, 9.17) is 21.1 Å². The number of aryl methyl sites for hydroxylation is 1. The molecule has 7 nitrogen and oxygen atoms in total. The molecule has 184 valence electrons. The number of nitrogens with one attached hydrogen (secondary N) is 2. The molecule has 0 aliphatic carbocycles. The number of rotatable bonds is 8. The molecule has 0 saturated carbocycles. The number of hydrogen-bond acceptors (Lipinski definition) is 5. The summed E-state index contributed by atoms with van der Waals surface area (Å²) in [4.78, 5) is 37.7. The van der Waals surface area contributed by atoms with Crippen LogP contribution in [0.4, 0.5) is 11.4 Å². The van der Waals surface area contributed by atoms with Crippen molar-refractivity contribution in [1.82, 2.24) is 0 Å². The van der Waals surface area contributed by atoms with Gasteiger partial charge in [-0.2, -0.15) is 0 Å². The molecule has 3 aromatic rings. The Morgan fingerprint density at radius 3 is 2.61 bits per heavy atom. The predicted octanol–water partition coefficient (Wildman–Crippen LogP) is 5.50. The van der Waals surface area contributed by atoms with Gasteiger partial charge in [-0.1, -0.05) is 48.0 Å². The van der Waals surface area contributed by atoms with Crippen molar-refractivity contribution in [2.75, 3.05) is 23.8 Å². The Labute approximate surface area is 214 Å². The monoisotopic (exact) mass is 504 g/mol. The average Bonchev–Trinajstić information content (AvgIpc) is 2.88. The number of carbonyl (C=O) groups is 3. The number of halogens is 1. The minimum Gasteiger partial charge on any atom is -0.487 e.